The SMILES string of the molecule is Cc1ccc(Br)cc1C(C)(C)C(N)C(=O)O. The quantitative estimate of drug-likeness (QED) is 0.897. The maximum atomic E-state index is 11.0. The van der Waals surface area contributed by atoms with Crippen LogP contribution >= 0.6 is 15.9 Å². The van der Waals surface area contributed by atoms with E-state index < -0.39 is 17.4 Å². The average molecular weight is 286 g/mol. The fourth-order valence-electron chi connectivity index (χ4n) is 1.76. The lowest BCUT2D eigenvalue weighted by Crippen LogP contribution is -2.47. The fourth-order valence-corrected chi connectivity index (χ4v) is 2.13. The van der Waals surface area contributed by atoms with E-state index in [1.165, 1.54) is 0 Å². The highest BCUT2D eigenvalue weighted by atomic mass is 79.9. The summed E-state index contributed by atoms with van der Waals surface area (Å²) in [5.41, 5.74) is 7.13. The van der Waals surface area contributed by atoms with Crippen LogP contribution in [0.5, 0.6) is 0 Å². The van der Waals surface area contributed by atoms with E-state index in [4.69, 9.17) is 10.8 Å². The van der Waals surface area contributed by atoms with Crippen LogP contribution in [0.3, 0.4) is 0 Å². The highest BCUT2D eigenvalue weighted by molar-refractivity contribution is 9.10. The minimum Gasteiger partial charge on any atom is -0.480 e. The second-order valence-corrected chi connectivity index (χ2v) is 5.41. The molecule has 88 valence electrons. The van der Waals surface area contributed by atoms with Gasteiger partial charge in [-0.25, -0.2) is 0 Å². The van der Waals surface area contributed by atoms with Crippen LogP contribution in [0.4, 0.5) is 0 Å². The molecular formula is C12H16BrNO2. The van der Waals surface area contributed by atoms with Crippen LogP contribution in [0.2, 0.25) is 0 Å². The van der Waals surface area contributed by atoms with Gasteiger partial charge in [0.05, 0.1) is 0 Å². The number of benzene rings is 1. The third-order valence-corrected chi connectivity index (χ3v) is 3.43. The number of hydrogen-bond donors (Lipinski definition) is 2. The molecular weight excluding hydrogens is 270 g/mol. The van der Waals surface area contributed by atoms with Gasteiger partial charge < -0.3 is 10.8 Å². The Labute approximate surface area is 104 Å². The van der Waals surface area contributed by atoms with Gasteiger partial charge in [0.15, 0.2) is 0 Å². The molecule has 0 bridgehead atoms. The van der Waals surface area contributed by atoms with E-state index in [2.05, 4.69) is 15.9 Å². The molecule has 3 N–H and O–H groups in total. The van der Waals surface area contributed by atoms with E-state index in [9.17, 15) is 4.79 Å². The molecule has 0 saturated heterocycles. The van der Waals surface area contributed by atoms with Gasteiger partial charge in [0, 0.05) is 9.89 Å². The van der Waals surface area contributed by atoms with Crippen molar-refractivity contribution in [3.63, 3.8) is 0 Å². The lowest BCUT2D eigenvalue weighted by Gasteiger charge is -2.30. The summed E-state index contributed by atoms with van der Waals surface area (Å²) < 4.78 is 0.929. The van der Waals surface area contributed by atoms with Crippen molar-refractivity contribution in [3.05, 3.63) is 33.8 Å². The Morgan fingerprint density at radius 1 is 1.50 bits per heavy atom. The first-order valence-electron chi connectivity index (χ1n) is 5.02. The maximum absolute atomic E-state index is 11.0. The molecule has 0 aliphatic rings. The molecule has 0 amide bonds. The molecule has 0 fully saturated rings. The Kier molecular flexibility index (Phi) is 3.76. The van der Waals surface area contributed by atoms with Crippen LogP contribution in [0, 0.1) is 6.92 Å². The molecule has 1 unspecified atom stereocenters. The largest absolute Gasteiger partial charge is 0.480 e. The summed E-state index contributed by atoms with van der Waals surface area (Å²) in [7, 11) is 0. The van der Waals surface area contributed by atoms with E-state index in [1.54, 1.807) is 0 Å². The monoisotopic (exact) mass is 285 g/mol. The summed E-state index contributed by atoms with van der Waals surface area (Å²) in [6, 6.07) is 4.90. The zero-order valence-corrected chi connectivity index (χ0v) is 11.2. The number of aliphatic carboxylic acids is 1. The predicted octanol–water partition coefficient (Wildman–Crippen LogP) is 2.45. The zero-order chi connectivity index (χ0) is 12.5. The molecule has 0 aliphatic heterocycles. The van der Waals surface area contributed by atoms with Crippen molar-refractivity contribution in [1.29, 1.82) is 0 Å². The first-order chi connectivity index (χ1) is 7.26. The molecule has 0 radical (unpaired) electrons. The normalized spacial score (nSPS) is 13.6. The summed E-state index contributed by atoms with van der Waals surface area (Å²) in [6.07, 6.45) is 0. The van der Waals surface area contributed by atoms with E-state index in [0.29, 0.717) is 0 Å². The zero-order valence-electron chi connectivity index (χ0n) is 9.62. The highest BCUT2D eigenvalue weighted by Gasteiger charge is 2.34. The van der Waals surface area contributed by atoms with Crippen LogP contribution < -0.4 is 5.73 Å². The van der Waals surface area contributed by atoms with Gasteiger partial charge in [-0.3, -0.25) is 4.79 Å². The number of nitrogens with two attached hydrogens (primary N) is 1. The van der Waals surface area contributed by atoms with Gasteiger partial charge >= 0.3 is 5.97 Å². The Balaban J connectivity index is 3.25. The molecule has 1 aromatic rings. The Morgan fingerprint density at radius 3 is 2.56 bits per heavy atom. The number of carboxylic acids is 1. The molecule has 0 aromatic heterocycles. The molecule has 3 nitrogen and oxygen atoms in total. The van der Waals surface area contributed by atoms with Gasteiger partial charge in [0.1, 0.15) is 6.04 Å². The summed E-state index contributed by atoms with van der Waals surface area (Å²) in [4.78, 5) is 11.0. The Bertz CT molecular complexity index is 415. The topological polar surface area (TPSA) is 63.3 Å². The third-order valence-electron chi connectivity index (χ3n) is 2.94. The number of rotatable bonds is 3. The molecule has 0 heterocycles. The van der Waals surface area contributed by atoms with Gasteiger partial charge in [-0.2, -0.15) is 0 Å². The standard InChI is InChI=1S/C12H16BrNO2/c1-7-4-5-8(13)6-9(7)12(2,3)10(14)11(15)16/h4-6,10H,14H2,1-3H3,(H,15,16). The molecule has 1 rings (SSSR count). The lowest BCUT2D eigenvalue weighted by atomic mass is 9.76. The molecule has 1 aromatic carbocycles. The average Bonchev–Trinajstić information content (AvgIpc) is 2.20. The van der Waals surface area contributed by atoms with Crippen LogP contribution in [0.25, 0.3) is 0 Å². The third kappa shape index (κ3) is 2.44. The summed E-state index contributed by atoms with van der Waals surface area (Å²) in [5, 5.41) is 9.00. The van der Waals surface area contributed by atoms with Crippen molar-refractivity contribution < 1.29 is 9.90 Å². The van der Waals surface area contributed by atoms with Crippen molar-refractivity contribution >= 4 is 21.9 Å². The van der Waals surface area contributed by atoms with Crippen molar-refractivity contribution in [1.82, 2.24) is 0 Å². The van der Waals surface area contributed by atoms with Crippen LogP contribution in [0.1, 0.15) is 25.0 Å². The van der Waals surface area contributed by atoms with Gasteiger partial charge in [-0.1, -0.05) is 35.8 Å². The predicted molar refractivity (Wildman–Crippen MR) is 67.5 cm³/mol. The molecule has 0 spiro atoms. The molecule has 16 heavy (non-hydrogen) atoms. The smallest absolute Gasteiger partial charge is 0.321 e. The second kappa shape index (κ2) is 4.55. The van der Waals surface area contributed by atoms with Crippen LogP contribution in [-0.4, -0.2) is 17.1 Å². The van der Waals surface area contributed by atoms with Crippen molar-refractivity contribution in [2.75, 3.05) is 0 Å². The maximum Gasteiger partial charge on any atom is 0.321 e. The van der Waals surface area contributed by atoms with E-state index in [1.807, 2.05) is 39.0 Å². The molecule has 4 heteroatoms. The van der Waals surface area contributed by atoms with Crippen molar-refractivity contribution in [2.45, 2.75) is 32.2 Å². The summed E-state index contributed by atoms with van der Waals surface area (Å²) in [6.45, 7) is 5.65. The first kappa shape index (κ1) is 13.2. The number of hydrogen-bond acceptors (Lipinski definition) is 2. The van der Waals surface area contributed by atoms with Gasteiger partial charge in [-0.15, -0.1) is 0 Å². The minimum atomic E-state index is -0.982. The lowest BCUT2D eigenvalue weighted by molar-refractivity contribution is -0.140. The van der Waals surface area contributed by atoms with Crippen molar-refractivity contribution in [3.8, 4) is 0 Å². The van der Waals surface area contributed by atoms with Gasteiger partial charge in [0.25, 0.3) is 0 Å². The fraction of sp³-hybridized carbons (Fsp3) is 0.417. The number of carbonyl (C=O) groups is 1. The van der Waals surface area contributed by atoms with E-state index in [0.717, 1.165) is 15.6 Å². The highest BCUT2D eigenvalue weighted by Crippen LogP contribution is 2.31. The van der Waals surface area contributed by atoms with Crippen LogP contribution in [0.15, 0.2) is 22.7 Å². The summed E-state index contributed by atoms with van der Waals surface area (Å²) in [5.74, 6) is -0.982. The molecule has 1 atom stereocenters. The minimum absolute atomic E-state index is 0.598. The number of halogens is 1. The number of aryl methyl sites for hydroxylation is 1. The Hall–Kier alpha value is -0.870. The molecule has 0 saturated carbocycles. The van der Waals surface area contributed by atoms with Crippen LogP contribution in [-0.2, 0) is 10.2 Å². The van der Waals surface area contributed by atoms with E-state index in [-0.39, 0.29) is 0 Å². The second-order valence-electron chi connectivity index (χ2n) is 4.50. The van der Waals surface area contributed by atoms with Gasteiger partial charge in [0.2, 0.25) is 0 Å². The van der Waals surface area contributed by atoms with E-state index >= 15 is 0 Å². The van der Waals surface area contributed by atoms with Crippen molar-refractivity contribution in [2.24, 2.45) is 5.73 Å². The molecule has 0 aliphatic carbocycles. The summed E-state index contributed by atoms with van der Waals surface area (Å²) >= 11 is 3.39. The Morgan fingerprint density at radius 2 is 2.06 bits per heavy atom. The first-order valence-corrected chi connectivity index (χ1v) is 5.81. The number of carboxylic acid groups (broad SMARTS) is 1. The van der Waals surface area contributed by atoms with Gasteiger partial charge in [-0.05, 0) is 30.2 Å².